The van der Waals surface area contributed by atoms with Gasteiger partial charge in [0.2, 0.25) is 0 Å². The van der Waals surface area contributed by atoms with E-state index in [1.807, 2.05) is 13.0 Å². The number of carbonyl (C=O) groups is 3. The lowest BCUT2D eigenvalue weighted by Crippen LogP contribution is -2.33. The Labute approximate surface area is 122 Å². The summed E-state index contributed by atoms with van der Waals surface area (Å²) in [6, 6.07) is 8.03. The number of amides is 4. The van der Waals surface area contributed by atoms with Crippen molar-refractivity contribution in [3.63, 3.8) is 0 Å². The summed E-state index contributed by atoms with van der Waals surface area (Å²) in [6.45, 7) is 2.20. The summed E-state index contributed by atoms with van der Waals surface area (Å²) < 4.78 is 0. The van der Waals surface area contributed by atoms with Crippen molar-refractivity contribution in [2.24, 2.45) is 0 Å². The van der Waals surface area contributed by atoms with E-state index < -0.39 is 17.8 Å². The van der Waals surface area contributed by atoms with Crippen molar-refractivity contribution in [3.8, 4) is 6.07 Å². The molecule has 6 nitrogen and oxygen atoms in total. The van der Waals surface area contributed by atoms with Crippen molar-refractivity contribution in [1.29, 1.82) is 5.26 Å². The molecule has 0 unspecified atom stereocenters. The minimum atomic E-state index is -0.807. The summed E-state index contributed by atoms with van der Waals surface area (Å²) in [5, 5.41) is 8.85. The number of nitriles is 1. The average Bonchev–Trinajstić information content (AvgIpc) is 2.70. The number of hydrogen-bond donors (Lipinski definition) is 0. The summed E-state index contributed by atoms with van der Waals surface area (Å²) in [6.07, 6.45) is 1.50. The minimum Gasteiger partial charge on any atom is -0.263 e. The molecule has 1 fully saturated rings. The topological polar surface area (TPSA) is 81.5 Å². The lowest BCUT2D eigenvalue weighted by Gasteiger charge is -2.15. The van der Waals surface area contributed by atoms with Gasteiger partial charge in [0.15, 0.2) is 0 Å². The molecule has 4 amide bonds. The number of carbonyl (C=O) groups excluding carboxylic acids is 3. The number of hydrogen-bond acceptors (Lipinski definition) is 4. The molecule has 1 heterocycles. The van der Waals surface area contributed by atoms with E-state index >= 15 is 0 Å². The SMILES string of the molecule is CCCCN1C(=O)C(=O)N(Cc2cccc(C#N)c2)C1=O. The van der Waals surface area contributed by atoms with Crippen molar-refractivity contribution in [2.45, 2.75) is 26.3 Å². The zero-order valence-electron chi connectivity index (χ0n) is 11.7. The third-order valence-electron chi connectivity index (χ3n) is 3.27. The Morgan fingerprint density at radius 2 is 1.86 bits per heavy atom. The summed E-state index contributed by atoms with van der Waals surface area (Å²) in [5.41, 5.74) is 1.08. The van der Waals surface area contributed by atoms with E-state index in [1.54, 1.807) is 24.3 Å². The number of urea groups is 1. The van der Waals surface area contributed by atoms with Crippen molar-refractivity contribution < 1.29 is 14.4 Å². The fourth-order valence-electron chi connectivity index (χ4n) is 2.13. The van der Waals surface area contributed by atoms with Gasteiger partial charge in [0, 0.05) is 6.54 Å². The van der Waals surface area contributed by atoms with Gasteiger partial charge >= 0.3 is 17.8 Å². The molecule has 1 aliphatic heterocycles. The van der Waals surface area contributed by atoms with Gasteiger partial charge < -0.3 is 0 Å². The van der Waals surface area contributed by atoms with Crippen LogP contribution < -0.4 is 0 Å². The molecule has 1 aromatic carbocycles. The minimum absolute atomic E-state index is 0.00154. The first-order valence-electron chi connectivity index (χ1n) is 6.74. The maximum absolute atomic E-state index is 12.1. The van der Waals surface area contributed by atoms with Crippen LogP contribution in [0.1, 0.15) is 30.9 Å². The van der Waals surface area contributed by atoms with Gasteiger partial charge in [0.1, 0.15) is 0 Å². The van der Waals surface area contributed by atoms with Crippen molar-refractivity contribution in [2.75, 3.05) is 6.54 Å². The number of rotatable bonds is 5. The van der Waals surface area contributed by atoms with Crippen LogP contribution in [0.15, 0.2) is 24.3 Å². The molecule has 2 rings (SSSR count). The van der Waals surface area contributed by atoms with Crippen molar-refractivity contribution >= 4 is 17.8 Å². The molecule has 0 spiro atoms. The Kier molecular flexibility index (Phi) is 4.33. The first-order chi connectivity index (χ1) is 10.1. The monoisotopic (exact) mass is 285 g/mol. The van der Waals surface area contributed by atoms with Gasteiger partial charge in [-0.2, -0.15) is 5.26 Å². The van der Waals surface area contributed by atoms with Gasteiger partial charge in [0.05, 0.1) is 18.2 Å². The third kappa shape index (κ3) is 2.92. The maximum Gasteiger partial charge on any atom is 0.334 e. The van der Waals surface area contributed by atoms with E-state index in [2.05, 4.69) is 0 Å². The quantitative estimate of drug-likeness (QED) is 0.608. The van der Waals surface area contributed by atoms with Gasteiger partial charge in [-0.05, 0) is 24.1 Å². The fraction of sp³-hybridized carbons (Fsp3) is 0.333. The summed E-state index contributed by atoms with van der Waals surface area (Å²) in [7, 11) is 0. The van der Waals surface area contributed by atoms with E-state index in [0.717, 1.165) is 16.2 Å². The zero-order valence-corrected chi connectivity index (χ0v) is 11.7. The highest BCUT2D eigenvalue weighted by Crippen LogP contribution is 2.17. The second-order valence-corrected chi connectivity index (χ2v) is 4.80. The molecule has 1 saturated heterocycles. The second kappa shape index (κ2) is 6.18. The van der Waals surface area contributed by atoms with Gasteiger partial charge in [0.25, 0.3) is 0 Å². The van der Waals surface area contributed by atoms with Crippen LogP contribution >= 0.6 is 0 Å². The van der Waals surface area contributed by atoms with Gasteiger partial charge in [-0.3, -0.25) is 19.4 Å². The molecule has 108 valence electrons. The Bertz CT molecular complexity index is 633. The molecular weight excluding hydrogens is 270 g/mol. The predicted molar refractivity (Wildman–Crippen MR) is 73.7 cm³/mol. The molecule has 0 atom stereocenters. The molecule has 0 bridgehead atoms. The van der Waals surface area contributed by atoms with E-state index in [4.69, 9.17) is 5.26 Å². The standard InChI is InChI=1S/C15H15N3O3/c1-2-3-7-17-13(19)14(20)18(15(17)21)10-12-6-4-5-11(8-12)9-16/h4-6,8H,2-3,7,10H2,1H3. The Balaban J connectivity index is 2.16. The number of benzene rings is 1. The Morgan fingerprint density at radius 1 is 1.14 bits per heavy atom. The van der Waals surface area contributed by atoms with Crippen molar-refractivity contribution in [3.05, 3.63) is 35.4 Å². The van der Waals surface area contributed by atoms with E-state index in [9.17, 15) is 14.4 Å². The van der Waals surface area contributed by atoms with Crippen LogP contribution in [0.5, 0.6) is 0 Å². The number of unbranched alkanes of at least 4 members (excludes halogenated alkanes) is 1. The molecule has 21 heavy (non-hydrogen) atoms. The van der Waals surface area contributed by atoms with Gasteiger partial charge in [-0.1, -0.05) is 25.5 Å². The number of nitrogens with zero attached hydrogens (tertiary/aromatic N) is 3. The van der Waals surface area contributed by atoms with Crippen LogP contribution in [-0.2, 0) is 16.1 Å². The fourth-order valence-corrected chi connectivity index (χ4v) is 2.13. The predicted octanol–water partition coefficient (Wildman–Crippen LogP) is 1.65. The second-order valence-electron chi connectivity index (χ2n) is 4.80. The summed E-state index contributed by atoms with van der Waals surface area (Å²) in [4.78, 5) is 37.8. The average molecular weight is 285 g/mol. The van der Waals surface area contributed by atoms with Crippen LogP contribution in [0.4, 0.5) is 4.79 Å². The molecule has 0 saturated carbocycles. The van der Waals surface area contributed by atoms with Gasteiger partial charge in [-0.25, -0.2) is 4.79 Å². The van der Waals surface area contributed by atoms with Crippen LogP contribution in [-0.4, -0.2) is 34.2 Å². The van der Waals surface area contributed by atoms with E-state index in [0.29, 0.717) is 17.5 Å². The molecule has 6 heteroatoms. The first-order valence-corrected chi connectivity index (χ1v) is 6.74. The molecular formula is C15H15N3O3. The maximum atomic E-state index is 12.1. The highest BCUT2D eigenvalue weighted by Gasteiger charge is 2.43. The van der Waals surface area contributed by atoms with Crippen LogP contribution in [0.25, 0.3) is 0 Å². The van der Waals surface area contributed by atoms with E-state index in [1.165, 1.54) is 0 Å². The van der Waals surface area contributed by atoms with Gasteiger partial charge in [-0.15, -0.1) is 0 Å². The smallest absolute Gasteiger partial charge is 0.263 e. The lowest BCUT2D eigenvalue weighted by atomic mass is 10.1. The van der Waals surface area contributed by atoms with Crippen molar-refractivity contribution in [1.82, 2.24) is 9.80 Å². The summed E-state index contributed by atoms with van der Waals surface area (Å²) >= 11 is 0. The first kappa shape index (κ1) is 14.7. The van der Waals surface area contributed by atoms with Crippen LogP contribution in [0, 0.1) is 11.3 Å². The molecule has 0 aromatic heterocycles. The largest absolute Gasteiger partial charge is 0.334 e. The zero-order chi connectivity index (χ0) is 15.4. The van der Waals surface area contributed by atoms with Crippen LogP contribution in [0.2, 0.25) is 0 Å². The highest BCUT2D eigenvalue weighted by atomic mass is 16.2. The van der Waals surface area contributed by atoms with Crippen LogP contribution in [0.3, 0.4) is 0 Å². The Morgan fingerprint density at radius 3 is 2.52 bits per heavy atom. The molecule has 0 aliphatic carbocycles. The molecule has 1 aliphatic rings. The normalized spacial score (nSPS) is 14.8. The lowest BCUT2D eigenvalue weighted by molar-refractivity contribution is -0.143. The summed E-state index contributed by atoms with van der Waals surface area (Å²) in [5.74, 6) is -1.58. The van der Waals surface area contributed by atoms with E-state index in [-0.39, 0.29) is 13.1 Å². The molecule has 1 aromatic rings. The third-order valence-corrected chi connectivity index (χ3v) is 3.27. The molecule has 0 radical (unpaired) electrons. The highest BCUT2D eigenvalue weighted by molar-refractivity contribution is 6.44. The molecule has 0 N–H and O–H groups in total. The Hall–Kier alpha value is -2.68. The number of imide groups is 2.